The van der Waals surface area contributed by atoms with Gasteiger partial charge in [-0.3, -0.25) is 0 Å². The quantitative estimate of drug-likeness (QED) is 0.475. The molecule has 9 heavy (non-hydrogen) atoms. The first-order chi connectivity index (χ1) is 4.20. The van der Waals surface area contributed by atoms with Gasteiger partial charge in [0, 0.05) is 0 Å². The molecule has 1 aliphatic carbocycles. The van der Waals surface area contributed by atoms with Crippen LogP contribution in [0.1, 0.15) is 26.2 Å². The van der Waals surface area contributed by atoms with Crippen molar-refractivity contribution in [2.24, 2.45) is 5.92 Å². The number of hydrogen-bond donors (Lipinski definition) is 0. The Bertz CT molecular complexity index is 134. The molecule has 0 amide bonds. The smallest absolute Gasteiger partial charge is 0.173 e. The van der Waals surface area contributed by atoms with Crippen LogP contribution < -0.4 is 0 Å². The molecular formula is C7H10F2. The summed E-state index contributed by atoms with van der Waals surface area (Å²) < 4.78 is 23.6. The number of rotatable bonds is 0. The highest BCUT2D eigenvalue weighted by molar-refractivity contribution is 5.07. The van der Waals surface area contributed by atoms with E-state index in [-0.39, 0.29) is 0 Å². The topological polar surface area (TPSA) is 0 Å². The van der Waals surface area contributed by atoms with Crippen LogP contribution in [0.4, 0.5) is 8.78 Å². The van der Waals surface area contributed by atoms with Gasteiger partial charge in [0.05, 0.1) is 0 Å². The van der Waals surface area contributed by atoms with Gasteiger partial charge in [0.15, 0.2) is 0 Å². The summed E-state index contributed by atoms with van der Waals surface area (Å²) in [6.45, 7) is 2.01. The fraction of sp³-hybridized carbons (Fsp3) is 0.714. The predicted octanol–water partition coefficient (Wildman–Crippen LogP) is 2.96. The second-order valence-electron chi connectivity index (χ2n) is 2.71. The molecule has 0 N–H and O–H groups in total. The number of hydrogen-bond acceptors (Lipinski definition) is 0. The van der Waals surface area contributed by atoms with E-state index in [0.29, 0.717) is 24.3 Å². The van der Waals surface area contributed by atoms with Gasteiger partial charge in [0.1, 0.15) is 0 Å². The summed E-state index contributed by atoms with van der Waals surface area (Å²) in [5.74, 6) is 0.474. The molecule has 1 rings (SSSR count). The lowest BCUT2D eigenvalue weighted by Gasteiger charge is -1.93. The van der Waals surface area contributed by atoms with Crippen molar-refractivity contribution in [3.8, 4) is 0 Å². The molecule has 2 heteroatoms. The van der Waals surface area contributed by atoms with Crippen molar-refractivity contribution >= 4 is 0 Å². The third kappa shape index (κ3) is 1.50. The maximum absolute atomic E-state index is 11.8. The van der Waals surface area contributed by atoms with Crippen molar-refractivity contribution < 1.29 is 8.78 Å². The summed E-state index contributed by atoms with van der Waals surface area (Å²) >= 11 is 0. The zero-order valence-electron chi connectivity index (χ0n) is 5.45. The molecule has 0 aromatic rings. The van der Waals surface area contributed by atoms with Crippen LogP contribution >= 0.6 is 0 Å². The van der Waals surface area contributed by atoms with Crippen LogP contribution in [-0.2, 0) is 0 Å². The Morgan fingerprint density at radius 3 is 2.44 bits per heavy atom. The fourth-order valence-corrected chi connectivity index (χ4v) is 1.22. The van der Waals surface area contributed by atoms with E-state index in [0.717, 1.165) is 6.42 Å². The molecule has 0 heterocycles. The van der Waals surface area contributed by atoms with Crippen LogP contribution in [0.5, 0.6) is 0 Å². The molecule has 1 aliphatic rings. The van der Waals surface area contributed by atoms with E-state index in [2.05, 4.69) is 0 Å². The Kier molecular flexibility index (Phi) is 1.84. The lowest BCUT2D eigenvalue weighted by molar-refractivity contribution is 0.407. The molecule has 1 fully saturated rings. The predicted molar refractivity (Wildman–Crippen MR) is 32.3 cm³/mol. The molecule has 1 atom stereocenters. The van der Waals surface area contributed by atoms with Crippen molar-refractivity contribution in [1.29, 1.82) is 0 Å². The van der Waals surface area contributed by atoms with Gasteiger partial charge in [-0.2, -0.15) is 8.78 Å². The van der Waals surface area contributed by atoms with Gasteiger partial charge in [-0.1, -0.05) is 6.92 Å². The molecule has 1 saturated carbocycles. The van der Waals surface area contributed by atoms with Gasteiger partial charge >= 0.3 is 0 Å². The van der Waals surface area contributed by atoms with Crippen LogP contribution in [0.2, 0.25) is 0 Å². The maximum atomic E-state index is 11.8. The lowest BCUT2D eigenvalue weighted by Crippen LogP contribution is -1.81. The van der Waals surface area contributed by atoms with Gasteiger partial charge in [0.25, 0.3) is 6.08 Å². The van der Waals surface area contributed by atoms with Crippen molar-refractivity contribution in [1.82, 2.24) is 0 Å². The normalized spacial score (nSPS) is 27.0. The summed E-state index contributed by atoms with van der Waals surface area (Å²) in [4.78, 5) is 0. The van der Waals surface area contributed by atoms with Crippen LogP contribution in [0.3, 0.4) is 0 Å². The molecule has 52 valence electrons. The van der Waals surface area contributed by atoms with E-state index in [1.165, 1.54) is 0 Å². The molecule has 0 spiro atoms. The summed E-state index contributed by atoms with van der Waals surface area (Å²) in [5, 5.41) is 0. The third-order valence-corrected chi connectivity index (χ3v) is 1.80. The highest BCUT2D eigenvalue weighted by Gasteiger charge is 2.18. The van der Waals surface area contributed by atoms with Gasteiger partial charge in [0.2, 0.25) is 0 Å². The molecule has 0 bridgehead atoms. The summed E-state index contributed by atoms with van der Waals surface area (Å²) in [5.41, 5.74) is 0.377. The molecular weight excluding hydrogens is 122 g/mol. The lowest BCUT2D eigenvalue weighted by atomic mass is 10.1. The highest BCUT2D eigenvalue weighted by Crippen LogP contribution is 2.32. The Morgan fingerprint density at radius 1 is 1.56 bits per heavy atom. The van der Waals surface area contributed by atoms with Crippen molar-refractivity contribution in [3.05, 3.63) is 11.7 Å². The molecule has 0 aromatic heterocycles. The largest absolute Gasteiger partial charge is 0.269 e. The Labute approximate surface area is 53.6 Å². The van der Waals surface area contributed by atoms with Crippen LogP contribution in [0.25, 0.3) is 0 Å². The second-order valence-corrected chi connectivity index (χ2v) is 2.71. The monoisotopic (exact) mass is 132 g/mol. The van der Waals surface area contributed by atoms with E-state index >= 15 is 0 Å². The first kappa shape index (κ1) is 6.72. The van der Waals surface area contributed by atoms with Gasteiger partial charge in [-0.25, -0.2) is 0 Å². The van der Waals surface area contributed by atoms with Crippen molar-refractivity contribution in [2.75, 3.05) is 0 Å². The Hall–Kier alpha value is -0.400. The van der Waals surface area contributed by atoms with Crippen LogP contribution in [0.15, 0.2) is 11.7 Å². The molecule has 0 nitrogen and oxygen atoms in total. The van der Waals surface area contributed by atoms with Crippen LogP contribution in [-0.4, -0.2) is 0 Å². The molecule has 0 aromatic carbocycles. The van der Waals surface area contributed by atoms with Gasteiger partial charge < -0.3 is 0 Å². The third-order valence-electron chi connectivity index (χ3n) is 1.80. The van der Waals surface area contributed by atoms with Crippen molar-refractivity contribution in [3.63, 3.8) is 0 Å². The minimum absolute atomic E-state index is 0.377. The van der Waals surface area contributed by atoms with E-state index in [1.54, 1.807) is 0 Å². The van der Waals surface area contributed by atoms with Crippen LogP contribution in [0, 0.1) is 5.92 Å². The fourth-order valence-electron chi connectivity index (χ4n) is 1.22. The average molecular weight is 132 g/mol. The van der Waals surface area contributed by atoms with Gasteiger partial charge in [-0.05, 0) is 30.8 Å². The minimum atomic E-state index is -1.45. The highest BCUT2D eigenvalue weighted by atomic mass is 19.3. The Balaban J connectivity index is 2.58. The molecule has 0 radical (unpaired) electrons. The van der Waals surface area contributed by atoms with Crippen molar-refractivity contribution in [2.45, 2.75) is 26.2 Å². The number of halogens is 2. The maximum Gasteiger partial charge on any atom is 0.269 e. The SMILES string of the molecule is C[C@@H]1CCC(=C(F)F)C1. The average Bonchev–Trinajstić information content (AvgIpc) is 2.14. The minimum Gasteiger partial charge on any atom is -0.173 e. The zero-order chi connectivity index (χ0) is 6.85. The first-order valence-electron chi connectivity index (χ1n) is 3.23. The molecule has 0 aliphatic heterocycles. The molecule has 0 unspecified atom stereocenters. The van der Waals surface area contributed by atoms with E-state index in [4.69, 9.17) is 0 Å². The number of allylic oxidation sites excluding steroid dienone is 1. The second kappa shape index (κ2) is 2.46. The van der Waals surface area contributed by atoms with E-state index < -0.39 is 6.08 Å². The summed E-state index contributed by atoms with van der Waals surface area (Å²) in [7, 11) is 0. The van der Waals surface area contributed by atoms with E-state index in [1.807, 2.05) is 6.92 Å². The summed E-state index contributed by atoms with van der Waals surface area (Å²) in [6, 6.07) is 0. The summed E-state index contributed by atoms with van der Waals surface area (Å²) in [6.07, 6.45) is 0.720. The van der Waals surface area contributed by atoms with Gasteiger partial charge in [-0.15, -0.1) is 0 Å². The Morgan fingerprint density at radius 2 is 2.22 bits per heavy atom. The first-order valence-corrected chi connectivity index (χ1v) is 3.23. The zero-order valence-corrected chi connectivity index (χ0v) is 5.45. The van der Waals surface area contributed by atoms with E-state index in [9.17, 15) is 8.78 Å². The molecule has 0 saturated heterocycles. The standard InChI is InChI=1S/C7H10F2/c1-5-2-3-6(4-5)7(8)9/h5H,2-4H2,1H3/t5-/m1/s1.